The Labute approximate surface area is 205 Å². The van der Waals surface area contributed by atoms with E-state index in [4.69, 9.17) is 9.47 Å². The molecule has 2 atom stereocenters. The predicted octanol–water partition coefficient (Wildman–Crippen LogP) is 3.25. The molecule has 3 heterocycles. The number of nitrogens with zero attached hydrogens (tertiary/aromatic N) is 6. The van der Waals surface area contributed by atoms with Crippen molar-refractivity contribution in [2.24, 2.45) is 13.0 Å². The first-order chi connectivity index (χ1) is 17.3. The number of ether oxygens (including phenoxy) is 2. The van der Waals surface area contributed by atoms with Crippen LogP contribution in [-0.2, 0) is 18.4 Å². The van der Waals surface area contributed by atoms with Crippen LogP contribution in [0.1, 0.15) is 37.1 Å². The number of aliphatic carboxylic acids is 1. The smallest absolute Gasteiger partial charge is 0.318 e. The highest BCUT2D eigenvalue weighted by Crippen LogP contribution is 2.30. The number of aryl methyl sites for hydroxylation is 2. The van der Waals surface area contributed by atoms with Crippen molar-refractivity contribution < 1.29 is 28.2 Å². The van der Waals surface area contributed by atoms with Crippen LogP contribution < -0.4 is 14.8 Å². The van der Waals surface area contributed by atoms with Crippen LogP contribution in [0.25, 0.3) is 11.4 Å². The van der Waals surface area contributed by atoms with E-state index in [1.807, 2.05) is 13.0 Å². The van der Waals surface area contributed by atoms with Gasteiger partial charge in [-0.3, -0.25) is 4.79 Å². The molecule has 1 saturated carbocycles. The molecule has 4 rings (SSSR count). The fourth-order valence-corrected chi connectivity index (χ4v) is 4.06. The van der Waals surface area contributed by atoms with Crippen LogP contribution >= 0.6 is 0 Å². The summed E-state index contributed by atoms with van der Waals surface area (Å²) in [6.07, 6.45) is 1.41. The lowest BCUT2D eigenvalue weighted by Gasteiger charge is -2.27. The average molecular weight is 504 g/mol. The fraction of sp³-hybridized carbons (Fsp3) is 0.478. The number of alkyl halides is 2. The van der Waals surface area contributed by atoms with Crippen molar-refractivity contribution in [1.82, 2.24) is 29.9 Å². The zero-order chi connectivity index (χ0) is 25.7. The summed E-state index contributed by atoms with van der Waals surface area (Å²) in [7, 11) is 1.75. The van der Waals surface area contributed by atoms with E-state index in [2.05, 4.69) is 30.6 Å². The Bertz CT molecular complexity index is 1210. The third kappa shape index (κ3) is 6.20. The Morgan fingerprint density at radius 3 is 2.86 bits per heavy atom. The van der Waals surface area contributed by atoms with Gasteiger partial charge in [0.1, 0.15) is 17.3 Å². The number of aromatic nitrogens is 6. The van der Waals surface area contributed by atoms with Gasteiger partial charge >= 0.3 is 12.0 Å². The molecule has 0 unspecified atom stereocenters. The van der Waals surface area contributed by atoms with E-state index in [-0.39, 0.29) is 24.6 Å². The molecule has 0 radical (unpaired) electrons. The molecule has 0 saturated heterocycles. The van der Waals surface area contributed by atoms with Crippen molar-refractivity contribution in [3.63, 3.8) is 0 Å². The molecule has 1 aliphatic carbocycles. The number of carboxylic acids is 1. The highest BCUT2D eigenvalue weighted by atomic mass is 19.3. The third-order valence-electron chi connectivity index (χ3n) is 5.90. The summed E-state index contributed by atoms with van der Waals surface area (Å²) in [5, 5.41) is 20.8. The number of carboxylic acid groups (broad SMARTS) is 1. The number of halogens is 2. The second-order valence-electron chi connectivity index (χ2n) is 8.51. The van der Waals surface area contributed by atoms with Gasteiger partial charge in [0, 0.05) is 13.2 Å². The molecule has 0 aromatic carbocycles. The molecule has 192 valence electrons. The van der Waals surface area contributed by atoms with Crippen LogP contribution in [0, 0.1) is 12.8 Å². The van der Waals surface area contributed by atoms with E-state index in [9.17, 15) is 18.7 Å². The van der Waals surface area contributed by atoms with Gasteiger partial charge < -0.3 is 19.9 Å². The second kappa shape index (κ2) is 11.2. The molecule has 2 N–H and O–H groups in total. The molecule has 1 fully saturated rings. The maximum Gasteiger partial charge on any atom is 0.318 e. The lowest BCUT2D eigenvalue weighted by molar-refractivity contribution is -0.143. The van der Waals surface area contributed by atoms with Gasteiger partial charge in [0.05, 0.1) is 35.6 Å². The summed E-state index contributed by atoms with van der Waals surface area (Å²) in [6, 6.07) is 5.04. The zero-order valence-corrected chi connectivity index (χ0v) is 19.9. The molecule has 11 nitrogen and oxygen atoms in total. The minimum atomic E-state index is -2.62. The number of hydrogen-bond donors (Lipinski definition) is 2. The maximum absolute atomic E-state index is 12.4. The van der Waals surface area contributed by atoms with Crippen molar-refractivity contribution in [2.75, 3.05) is 11.9 Å². The van der Waals surface area contributed by atoms with Gasteiger partial charge in [0.2, 0.25) is 0 Å². The zero-order valence-electron chi connectivity index (χ0n) is 19.9. The Morgan fingerprint density at radius 2 is 2.11 bits per heavy atom. The Kier molecular flexibility index (Phi) is 7.86. The molecule has 1 aliphatic rings. The summed E-state index contributed by atoms with van der Waals surface area (Å²) in [5.74, 6) is -0.166. The normalized spacial score (nSPS) is 17.7. The number of pyridine rings is 1. The standard InChI is InChI=1S/C23H27F2N7O4/c1-13-18(36-15-5-3-4-14(10-15)22(33)34)7-6-16(28-13)21-17(32(2)31-30-21)11-27-20-8-9-26-23(29-20)35-12-19(24)25/h6-9,14-15,19H,3-5,10-12H2,1-2H3,(H,33,34)(H,26,27,29)/t14-,15-/m0/s1. The third-order valence-corrected chi connectivity index (χ3v) is 5.90. The number of carbonyl (C=O) groups is 1. The highest BCUT2D eigenvalue weighted by Gasteiger charge is 2.28. The van der Waals surface area contributed by atoms with Gasteiger partial charge in [0.15, 0.2) is 6.61 Å². The van der Waals surface area contributed by atoms with Crippen molar-refractivity contribution in [3.8, 4) is 23.1 Å². The molecular formula is C23H27F2N7O4. The van der Waals surface area contributed by atoms with Crippen LogP contribution in [0.3, 0.4) is 0 Å². The SMILES string of the molecule is Cc1nc(-c2nnn(C)c2CNc2ccnc(OCC(F)F)n2)ccc1O[C@H]1CCC[C@H](C(=O)O)C1. The van der Waals surface area contributed by atoms with Gasteiger partial charge in [-0.05, 0) is 50.8 Å². The maximum atomic E-state index is 12.4. The van der Waals surface area contributed by atoms with Crippen LogP contribution in [-0.4, -0.2) is 60.2 Å². The number of nitrogens with one attached hydrogen (secondary N) is 1. The van der Waals surface area contributed by atoms with E-state index in [0.29, 0.717) is 41.5 Å². The lowest BCUT2D eigenvalue weighted by Crippen LogP contribution is -2.29. The summed E-state index contributed by atoms with van der Waals surface area (Å²) in [6.45, 7) is 1.32. The Morgan fingerprint density at radius 1 is 1.28 bits per heavy atom. The number of anilines is 1. The van der Waals surface area contributed by atoms with Crippen molar-refractivity contribution in [3.05, 3.63) is 35.8 Å². The Balaban J connectivity index is 1.44. The van der Waals surface area contributed by atoms with Crippen LogP contribution in [0.15, 0.2) is 24.4 Å². The Hall–Kier alpha value is -3.90. The number of rotatable bonds is 10. The van der Waals surface area contributed by atoms with Crippen LogP contribution in [0.2, 0.25) is 0 Å². The van der Waals surface area contributed by atoms with Gasteiger partial charge in [-0.2, -0.15) is 4.98 Å². The predicted molar refractivity (Wildman–Crippen MR) is 124 cm³/mol. The molecule has 3 aromatic heterocycles. The largest absolute Gasteiger partial charge is 0.489 e. The van der Waals surface area contributed by atoms with Crippen molar-refractivity contribution >= 4 is 11.8 Å². The molecule has 0 amide bonds. The van der Waals surface area contributed by atoms with Gasteiger partial charge in [-0.1, -0.05) is 5.21 Å². The topological polar surface area (TPSA) is 137 Å². The summed E-state index contributed by atoms with van der Waals surface area (Å²) in [5.41, 5.74) is 2.54. The summed E-state index contributed by atoms with van der Waals surface area (Å²) in [4.78, 5) is 23.9. The van der Waals surface area contributed by atoms with E-state index >= 15 is 0 Å². The molecule has 3 aromatic rings. The molecular weight excluding hydrogens is 476 g/mol. The minimum absolute atomic E-state index is 0.149. The highest BCUT2D eigenvalue weighted by molar-refractivity contribution is 5.70. The quantitative estimate of drug-likeness (QED) is 0.424. The van der Waals surface area contributed by atoms with Crippen molar-refractivity contribution in [2.45, 2.75) is 51.7 Å². The minimum Gasteiger partial charge on any atom is -0.489 e. The number of hydrogen-bond acceptors (Lipinski definition) is 9. The van der Waals surface area contributed by atoms with E-state index in [0.717, 1.165) is 18.5 Å². The molecule has 36 heavy (non-hydrogen) atoms. The first-order valence-corrected chi connectivity index (χ1v) is 11.5. The molecule has 0 bridgehead atoms. The van der Waals surface area contributed by atoms with Gasteiger partial charge in [-0.15, -0.1) is 5.10 Å². The molecule has 0 aliphatic heterocycles. The van der Waals surface area contributed by atoms with Gasteiger partial charge in [0.25, 0.3) is 6.43 Å². The monoisotopic (exact) mass is 503 g/mol. The van der Waals surface area contributed by atoms with Crippen molar-refractivity contribution in [1.29, 1.82) is 0 Å². The fourth-order valence-electron chi connectivity index (χ4n) is 4.06. The lowest BCUT2D eigenvalue weighted by atomic mass is 9.87. The van der Waals surface area contributed by atoms with Crippen LogP contribution in [0.4, 0.5) is 14.6 Å². The first kappa shape index (κ1) is 25.2. The van der Waals surface area contributed by atoms with Gasteiger partial charge in [-0.25, -0.2) is 23.4 Å². The first-order valence-electron chi connectivity index (χ1n) is 11.5. The van der Waals surface area contributed by atoms with E-state index < -0.39 is 19.0 Å². The second-order valence-corrected chi connectivity index (χ2v) is 8.51. The van der Waals surface area contributed by atoms with Crippen LogP contribution in [0.5, 0.6) is 11.8 Å². The van der Waals surface area contributed by atoms with E-state index in [1.165, 1.54) is 6.20 Å². The average Bonchev–Trinajstić information content (AvgIpc) is 3.23. The van der Waals surface area contributed by atoms with E-state index in [1.54, 1.807) is 23.9 Å². The molecule has 0 spiro atoms. The summed E-state index contributed by atoms with van der Waals surface area (Å²) < 4.78 is 37.3. The molecule has 13 heteroatoms. The summed E-state index contributed by atoms with van der Waals surface area (Å²) >= 11 is 0.